The fraction of sp³-hybridized carbons (Fsp3) is 0.333. The van der Waals surface area contributed by atoms with E-state index in [4.69, 9.17) is 4.74 Å². The Morgan fingerprint density at radius 1 is 1.23 bits per heavy atom. The predicted octanol–water partition coefficient (Wildman–Crippen LogP) is 2.60. The fourth-order valence-corrected chi connectivity index (χ4v) is 3.14. The zero-order valence-electron chi connectivity index (χ0n) is 13.1. The molecule has 1 amide bonds. The number of fused-ring (bicyclic) bond motifs is 1. The van der Waals surface area contributed by atoms with Gasteiger partial charge in [0.15, 0.2) is 0 Å². The third kappa shape index (κ3) is 2.69. The van der Waals surface area contributed by atoms with E-state index in [1.165, 1.54) is 11.1 Å². The number of amides is 1. The van der Waals surface area contributed by atoms with E-state index in [9.17, 15) is 4.79 Å². The summed E-state index contributed by atoms with van der Waals surface area (Å²) >= 11 is 0. The maximum Gasteiger partial charge on any atom is 0.257 e. The zero-order chi connectivity index (χ0) is 15.7. The topological polar surface area (TPSA) is 51.2 Å². The summed E-state index contributed by atoms with van der Waals surface area (Å²) in [6.45, 7) is 3.81. The Kier molecular flexibility index (Phi) is 3.84. The molecule has 1 aliphatic rings. The van der Waals surface area contributed by atoms with Crippen molar-refractivity contribution in [3.8, 4) is 5.88 Å². The van der Waals surface area contributed by atoms with Crippen molar-refractivity contribution in [3.05, 3.63) is 58.3 Å². The molecule has 1 aromatic heterocycles. The summed E-state index contributed by atoms with van der Waals surface area (Å²) in [7, 11) is 1.55. The monoisotopic (exact) mass is 296 g/mol. The summed E-state index contributed by atoms with van der Waals surface area (Å²) in [5.74, 6) is 0.283. The van der Waals surface area contributed by atoms with Crippen LogP contribution in [0, 0.1) is 13.8 Å². The van der Waals surface area contributed by atoms with Gasteiger partial charge in [-0.25, -0.2) is 4.98 Å². The van der Waals surface area contributed by atoms with E-state index in [0.717, 1.165) is 24.1 Å². The Morgan fingerprint density at radius 2 is 1.86 bits per heavy atom. The van der Waals surface area contributed by atoms with Gasteiger partial charge in [0.25, 0.3) is 5.91 Å². The fourth-order valence-electron chi connectivity index (χ4n) is 3.14. The van der Waals surface area contributed by atoms with E-state index in [1.54, 1.807) is 7.11 Å². The Hall–Kier alpha value is -2.36. The van der Waals surface area contributed by atoms with Gasteiger partial charge in [0.05, 0.1) is 7.11 Å². The number of methoxy groups -OCH3 is 1. The largest absolute Gasteiger partial charge is 0.480 e. The number of carbonyl (C=O) groups is 1. The van der Waals surface area contributed by atoms with E-state index < -0.39 is 0 Å². The lowest BCUT2D eigenvalue weighted by Crippen LogP contribution is -2.36. The number of hydrogen-bond acceptors (Lipinski definition) is 3. The van der Waals surface area contributed by atoms with Crippen LogP contribution in [0.5, 0.6) is 5.88 Å². The number of hydrogen-bond donors (Lipinski definition) is 1. The first-order valence-electron chi connectivity index (χ1n) is 7.48. The van der Waals surface area contributed by atoms with Gasteiger partial charge in [-0.2, -0.15) is 0 Å². The first kappa shape index (κ1) is 14.6. The minimum absolute atomic E-state index is 0.111. The molecule has 3 rings (SSSR count). The molecule has 0 radical (unpaired) electrons. The van der Waals surface area contributed by atoms with E-state index in [-0.39, 0.29) is 11.9 Å². The Labute approximate surface area is 130 Å². The van der Waals surface area contributed by atoms with Gasteiger partial charge >= 0.3 is 0 Å². The summed E-state index contributed by atoms with van der Waals surface area (Å²) in [6.07, 6.45) is 1.76. The lowest BCUT2D eigenvalue weighted by atomic mass is 10.1. The molecular formula is C18H20N2O2. The molecule has 2 aromatic rings. The van der Waals surface area contributed by atoms with Gasteiger partial charge in [-0.05, 0) is 49.4 Å². The highest BCUT2D eigenvalue weighted by atomic mass is 16.5. The van der Waals surface area contributed by atoms with Crippen LogP contribution < -0.4 is 10.1 Å². The highest BCUT2D eigenvalue weighted by Crippen LogP contribution is 2.24. The van der Waals surface area contributed by atoms with Crippen molar-refractivity contribution in [2.24, 2.45) is 0 Å². The van der Waals surface area contributed by atoms with Crippen molar-refractivity contribution in [3.63, 3.8) is 0 Å². The van der Waals surface area contributed by atoms with Crippen molar-refractivity contribution in [2.75, 3.05) is 7.11 Å². The number of rotatable bonds is 3. The van der Waals surface area contributed by atoms with Crippen molar-refractivity contribution >= 4 is 5.91 Å². The molecule has 0 unspecified atom stereocenters. The molecule has 0 fully saturated rings. The van der Waals surface area contributed by atoms with Crippen LogP contribution in [0.2, 0.25) is 0 Å². The van der Waals surface area contributed by atoms with Crippen LogP contribution in [0.3, 0.4) is 0 Å². The number of ether oxygens (including phenoxy) is 1. The van der Waals surface area contributed by atoms with Crippen LogP contribution in [-0.4, -0.2) is 24.0 Å². The van der Waals surface area contributed by atoms with Crippen molar-refractivity contribution in [1.29, 1.82) is 0 Å². The molecule has 0 saturated heterocycles. The van der Waals surface area contributed by atoms with Gasteiger partial charge in [-0.15, -0.1) is 0 Å². The maximum atomic E-state index is 12.6. The number of nitrogens with zero attached hydrogens (tertiary/aromatic N) is 1. The quantitative estimate of drug-likeness (QED) is 0.947. The molecule has 22 heavy (non-hydrogen) atoms. The van der Waals surface area contributed by atoms with Crippen LogP contribution in [0.15, 0.2) is 30.3 Å². The predicted molar refractivity (Wildman–Crippen MR) is 85.4 cm³/mol. The summed E-state index contributed by atoms with van der Waals surface area (Å²) in [6, 6.07) is 10.4. The molecule has 1 N–H and O–H groups in total. The van der Waals surface area contributed by atoms with Gasteiger partial charge in [0.2, 0.25) is 5.88 Å². The standard InChI is InChI=1S/C18H20N2O2/c1-11-8-12(2)19-18(22-3)16(11)17(21)20-15-9-13-6-4-5-7-14(13)10-15/h4-8,15H,9-10H2,1-3H3,(H,20,21). The smallest absolute Gasteiger partial charge is 0.257 e. The Balaban J connectivity index is 1.79. The number of nitrogens with one attached hydrogen (secondary N) is 1. The molecule has 114 valence electrons. The molecular weight excluding hydrogens is 276 g/mol. The lowest BCUT2D eigenvalue weighted by Gasteiger charge is -2.15. The van der Waals surface area contributed by atoms with Gasteiger partial charge in [0, 0.05) is 11.7 Å². The summed E-state index contributed by atoms with van der Waals surface area (Å²) in [5.41, 5.74) is 4.90. The second kappa shape index (κ2) is 5.79. The Morgan fingerprint density at radius 3 is 2.45 bits per heavy atom. The van der Waals surface area contributed by atoms with Crippen molar-refractivity contribution < 1.29 is 9.53 Å². The van der Waals surface area contributed by atoms with Gasteiger partial charge < -0.3 is 10.1 Å². The molecule has 1 aliphatic carbocycles. The van der Waals surface area contributed by atoms with Crippen LogP contribution >= 0.6 is 0 Å². The summed E-state index contributed by atoms with van der Waals surface area (Å²) in [5, 5.41) is 3.12. The third-order valence-electron chi connectivity index (χ3n) is 4.12. The number of aromatic nitrogens is 1. The SMILES string of the molecule is COc1nc(C)cc(C)c1C(=O)NC1Cc2ccccc2C1. The highest BCUT2D eigenvalue weighted by molar-refractivity contribution is 5.98. The van der Waals surface area contributed by atoms with Gasteiger partial charge in [0.1, 0.15) is 5.56 Å². The number of benzene rings is 1. The molecule has 0 atom stereocenters. The average Bonchev–Trinajstić information content (AvgIpc) is 2.88. The molecule has 0 aliphatic heterocycles. The minimum Gasteiger partial charge on any atom is -0.480 e. The molecule has 1 heterocycles. The normalized spacial score (nSPS) is 13.8. The summed E-state index contributed by atoms with van der Waals surface area (Å²) < 4.78 is 5.28. The molecule has 0 saturated carbocycles. The third-order valence-corrected chi connectivity index (χ3v) is 4.12. The van der Waals surface area contributed by atoms with Gasteiger partial charge in [-0.1, -0.05) is 24.3 Å². The van der Waals surface area contributed by atoms with Crippen LogP contribution in [0.25, 0.3) is 0 Å². The minimum atomic E-state index is -0.111. The maximum absolute atomic E-state index is 12.6. The molecule has 0 bridgehead atoms. The zero-order valence-corrected chi connectivity index (χ0v) is 13.1. The van der Waals surface area contributed by atoms with Crippen molar-refractivity contribution in [1.82, 2.24) is 10.3 Å². The highest BCUT2D eigenvalue weighted by Gasteiger charge is 2.25. The first-order valence-corrected chi connectivity index (χ1v) is 7.48. The molecule has 4 nitrogen and oxygen atoms in total. The molecule has 0 spiro atoms. The van der Waals surface area contributed by atoms with Crippen LogP contribution in [0.1, 0.15) is 32.7 Å². The number of aryl methyl sites for hydroxylation is 2. The van der Waals surface area contributed by atoms with E-state index in [2.05, 4.69) is 22.4 Å². The number of carbonyl (C=O) groups excluding carboxylic acids is 1. The van der Waals surface area contributed by atoms with E-state index >= 15 is 0 Å². The Bertz CT molecular complexity index is 700. The second-order valence-corrected chi connectivity index (χ2v) is 5.81. The summed E-state index contributed by atoms with van der Waals surface area (Å²) in [4.78, 5) is 16.9. The van der Waals surface area contributed by atoms with Crippen molar-refractivity contribution in [2.45, 2.75) is 32.7 Å². The first-order chi connectivity index (χ1) is 10.6. The second-order valence-electron chi connectivity index (χ2n) is 5.81. The van der Waals surface area contributed by atoms with E-state index in [1.807, 2.05) is 32.0 Å². The lowest BCUT2D eigenvalue weighted by molar-refractivity contribution is 0.0934. The van der Waals surface area contributed by atoms with E-state index in [0.29, 0.717) is 11.4 Å². The average molecular weight is 296 g/mol. The number of pyridine rings is 1. The van der Waals surface area contributed by atoms with Gasteiger partial charge in [-0.3, -0.25) is 4.79 Å². The molecule has 1 aromatic carbocycles. The van der Waals surface area contributed by atoms with Crippen LogP contribution in [0.4, 0.5) is 0 Å². The molecule has 4 heteroatoms. The van der Waals surface area contributed by atoms with Crippen LogP contribution in [-0.2, 0) is 12.8 Å².